The maximum absolute atomic E-state index is 12.0. The normalized spacial score (nSPS) is 22.7. The van der Waals surface area contributed by atoms with E-state index in [4.69, 9.17) is 4.74 Å². The Balaban J connectivity index is 1.76. The monoisotopic (exact) mass is 281 g/mol. The van der Waals surface area contributed by atoms with Gasteiger partial charge in [0.1, 0.15) is 6.61 Å². The van der Waals surface area contributed by atoms with E-state index >= 15 is 0 Å². The Bertz CT molecular complexity index is 408. The molecule has 1 aliphatic rings. The fourth-order valence-electron chi connectivity index (χ4n) is 2.71. The molecule has 20 heavy (non-hydrogen) atoms. The number of nitrogens with zero attached hydrogens (tertiary/aromatic N) is 3. The van der Waals surface area contributed by atoms with Crippen molar-refractivity contribution in [1.82, 2.24) is 15.0 Å². The quantitative estimate of drug-likeness (QED) is 0.798. The Kier molecular flexibility index (Phi) is 5.52. The molecule has 2 unspecified atom stereocenters. The van der Waals surface area contributed by atoms with Crippen molar-refractivity contribution in [3.05, 3.63) is 12.2 Å². The van der Waals surface area contributed by atoms with E-state index in [0.29, 0.717) is 18.3 Å². The molecule has 0 N–H and O–H groups in total. The molecular weight excluding hydrogens is 258 g/mol. The Hall–Kier alpha value is -1.43. The van der Waals surface area contributed by atoms with Gasteiger partial charge in [-0.2, -0.15) is 4.98 Å². The number of amides is 1. The molecule has 0 aliphatic heterocycles. The maximum Gasteiger partial charge on any atom is 0.248 e. The molecule has 6 nitrogen and oxygen atoms in total. The fraction of sp³-hybridized carbons (Fsp3) is 0.786. The number of hydrogen-bond acceptors (Lipinski definition) is 5. The summed E-state index contributed by atoms with van der Waals surface area (Å²) in [6.45, 7) is 2.67. The molecule has 2 atom stereocenters. The van der Waals surface area contributed by atoms with Gasteiger partial charge in [-0.05, 0) is 18.8 Å². The SMILES string of the molecule is CCC1CCCCC1OCC(=O)N(C)Cc1ncon1. The summed E-state index contributed by atoms with van der Waals surface area (Å²) in [4.78, 5) is 17.5. The molecule has 1 amide bonds. The van der Waals surface area contributed by atoms with E-state index in [0.717, 1.165) is 12.8 Å². The van der Waals surface area contributed by atoms with Crippen molar-refractivity contribution in [2.24, 2.45) is 5.92 Å². The van der Waals surface area contributed by atoms with E-state index < -0.39 is 0 Å². The summed E-state index contributed by atoms with van der Waals surface area (Å²) in [7, 11) is 1.72. The largest absolute Gasteiger partial charge is 0.368 e. The highest BCUT2D eigenvalue weighted by molar-refractivity contribution is 5.77. The number of rotatable bonds is 6. The molecule has 0 saturated heterocycles. The summed E-state index contributed by atoms with van der Waals surface area (Å²) in [5.41, 5.74) is 0. The summed E-state index contributed by atoms with van der Waals surface area (Å²) in [5.74, 6) is 1.05. The Labute approximate surface area is 119 Å². The van der Waals surface area contributed by atoms with Crippen molar-refractivity contribution in [2.45, 2.75) is 51.7 Å². The Morgan fingerprint density at radius 1 is 1.50 bits per heavy atom. The molecule has 0 spiro atoms. The minimum atomic E-state index is -0.0461. The minimum absolute atomic E-state index is 0.0461. The second-order valence-electron chi connectivity index (χ2n) is 5.40. The van der Waals surface area contributed by atoms with E-state index in [1.54, 1.807) is 11.9 Å². The van der Waals surface area contributed by atoms with Crippen molar-refractivity contribution in [3.63, 3.8) is 0 Å². The van der Waals surface area contributed by atoms with Gasteiger partial charge >= 0.3 is 0 Å². The van der Waals surface area contributed by atoms with E-state index in [1.807, 2.05) is 0 Å². The Morgan fingerprint density at radius 2 is 2.30 bits per heavy atom. The number of carbonyl (C=O) groups is 1. The van der Waals surface area contributed by atoms with Gasteiger partial charge in [0, 0.05) is 7.05 Å². The molecule has 112 valence electrons. The first-order chi connectivity index (χ1) is 9.70. The minimum Gasteiger partial charge on any atom is -0.368 e. The average molecular weight is 281 g/mol. The number of carbonyl (C=O) groups excluding carboxylic acids is 1. The predicted molar refractivity (Wildman–Crippen MR) is 72.8 cm³/mol. The first-order valence-electron chi connectivity index (χ1n) is 7.31. The van der Waals surface area contributed by atoms with E-state index in [1.165, 1.54) is 25.7 Å². The first-order valence-corrected chi connectivity index (χ1v) is 7.31. The van der Waals surface area contributed by atoms with Gasteiger partial charge < -0.3 is 14.2 Å². The van der Waals surface area contributed by atoms with Crippen molar-refractivity contribution < 1.29 is 14.1 Å². The zero-order chi connectivity index (χ0) is 14.4. The molecule has 1 heterocycles. The van der Waals surface area contributed by atoms with Gasteiger partial charge in [0.05, 0.1) is 12.6 Å². The molecular formula is C14H23N3O3. The number of hydrogen-bond donors (Lipinski definition) is 0. The van der Waals surface area contributed by atoms with Crippen molar-refractivity contribution >= 4 is 5.91 Å². The van der Waals surface area contributed by atoms with Gasteiger partial charge in [-0.1, -0.05) is 31.3 Å². The van der Waals surface area contributed by atoms with Gasteiger partial charge in [-0.15, -0.1) is 0 Å². The van der Waals surface area contributed by atoms with Crippen LogP contribution in [0.5, 0.6) is 0 Å². The second kappa shape index (κ2) is 7.38. The molecule has 1 aliphatic carbocycles. The van der Waals surface area contributed by atoms with Crippen LogP contribution in [0.3, 0.4) is 0 Å². The van der Waals surface area contributed by atoms with Crippen LogP contribution in [0.25, 0.3) is 0 Å². The highest BCUT2D eigenvalue weighted by atomic mass is 16.5. The predicted octanol–water partition coefficient (Wildman–Crippen LogP) is 2.01. The van der Waals surface area contributed by atoms with Crippen molar-refractivity contribution in [2.75, 3.05) is 13.7 Å². The third-order valence-corrected chi connectivity index (χ3v) is 4.00. The topological polar surface area (TPSA) is 68.5 Å². The van der Waals surface area contributed by atoms with Crippen LogP contribution in [0.1, 0.15) is 44.9 Å². The molecule has 1 saturated carbocycles. The van der Waals surface area contributed by atoms with Crippen molar-refractivity contribution in [3.8, 4) is 0 Å². The molecule has 0 radical (unpaired) electrons. The van der Waals surface area contributed by atoms with Gasteiger partial charge in [-0.3, -0.25) is 4.79 Å². The third-order valence-electron chi connectivity index (χ3n) is 4.00. The lowest BCUT2D eigenvalue weighted by atomic mass is 9.85. The van der Waals surface area contributed by atoms with Crippen LogP contribution in [0.15, 0.2) is 10.9 Å². The van der Waals surface area contributed by atoms with Crippen LogP contribution in [0.2, 0.25) is 0 Å². The smallest absolute Gasteiger partial charge is 0.248 e. The van der Waals surface area contributed by atoms with Crippen LogP contribution >= 0.6 is 0 Å². The molecule has 1 aromatic rings. The number of aromatic nitrogens is 2. The lowest BCUT2D eigenvalue weighted by Gasteiger charge is -2.31. The zero-order valence-electron chi connectivity index (χ0n) is 12.2. The summed E-state index contributed by atoms with van der Waals surface area (Å²) in [6, 6.07) is 0. The molecule has 1 fully saturated rings. The summed E-state index contributed by atoms with van der Waals surface area (Å²) < 4.78 is 10.5. The molecule has 0 aromatic carbocycles. The van der Waals surface area contributed by atoms with Gasteiger partial charge in [-0.25, -0.2) is 0 Å². The average Bonchev–Trinajstić information content (AvgIpc) is 2.97. The summed E-state index contributed by atoms with van der Waals surface area (Å²) >= 11 is 0. The van der Waals surface area contributed by atoms with Crippen LogP contribution in [-0.2, 0) is 16.1 Å². The van der Waals surface area contributed by atoms with Crippen LogP contribution in [0.4, 0.5) is 0 Å². The lowest BCUT2D eigenvalue weighted by Crippen LogP contribution is -2.35. The fourth-order valence-corrected chi connectivity index (χ4v) is 2.71. The lowest BCUT2D eigenvalue weighted by molar-refractivity contribution is -0.139. The second-order valence-corrected chi connectivity index (χ2v) is 5.40. The molecule has 0 bridgehead atoms. The van der Waals surface area contributed by atoms with Crippen LogP contribution < -0.4 is 0 Å². The molecule has 1 aromatic heterocycles. The number of likely N-dealkylation sites (N-methyl/N-ethyl adjacent to an activating group) is 1. The summed E-state index contributed by atoms with van der Waals surface area (Å²) in [6.07, 6.45) is 7.39. The zero-order valence-corrected chi connectivity index (χ0v) is 12.2. The molecule has 2 rings (SSSR count). The maximum atomic E-state index is 12.0. The molecule has 6 heteroatoms. The van der Waals surface area contributed by atoms with Gasteiger partial charge in [0.15, 0.2) is 5.82 Å². The van der Waals surface area contributed by atoms with Crippen LogP contribution in [0, 0.1) is 5.92 Å². The first kappa shape index (κ1) is 15.0. The standard InChI is InChI=1S/C14H23N3O3/c1-3-11-6-4-5-7-12(11)19-9-14(18)17(2)8-13-15-10-20-16-13/h10-12H,3-9H2,1-2H3. The van der Waals surface area contributed by atoms with Gasteiger partial charge in [0.25, 0.3) is 0 Å². The van der Waals surface area contributed by atoms with Crippen LogP contribution in [-0.4, -0.2) is 40.7 Å². The highest BCUT2D eigenvalue weighted by Gasteiger charge is 2.25. The van der Waals surface area contributed by atoms with Crippen molar-refractivity contribution in [1.29, 1.82) is 0 Å². The van der Waals surface area contributed by atoms with E-state index in [2.05, 4.69) is 21.6 Å². The number of ether oxygens (including phenoxy) is 1. The van der Waals surface area contributed by atoms with Gasteiger partial charge in [0.2, 0.25) is 12.3 Å². The third kappa shape index (κ3) is 4.03. The van der Waals surface area contributed by atoms with E-state index in [-0.39, 0.29) is 18.6 Å². The Morgan fingerprint density at radius 3 is 3.00 bits per heavy atom. The van der Waals surface area contributed by atoms with E-state index in [9.17, 15) is 4.79 Å². The highest BCUT2D eigenvalue weighted by Crippen LogP contribution is 2.29. The summed E-state index contributed by atoms with van der Waals surface area (Å²) in [5, 5.41) is 3.69.